The molecule has 1 saturated heterocycles. The summed E-state index contributed by atoms with van der Waals surface area (Å²) in [6, 6.07) is 4.64. The van der Waals surface area contributed by atoms with E-state index in [1.54, 1.807) is 24.0 Å². The molecule has 2 amide bonds. The molecule has 172 valence electrons. The second kappa shape index (κ2) is 9.40. The lowest BCUT2D eigenvalue weighted by Gasteiger charge is -2.41. The molecule has 2 aliphatic rings. The van der Waals surface area contributed by atoms with Gasteiger partial charge in [0.25, 0.3) is 5.91 Å². The lowest BCUT2D eigenvalue weighted by molar-refractivity contribution is -0.140. The molecule has 0 radical (unpaired) electrons. The van der Waals surface area contributed by atoms with Crippen molar-refractivity contribution in [2.45, 2.75) is 52.1 Å². The molecular formula is C24H32FN5O2. The number of rotatable bonds is 5. The minimum absolute atomic E-state index is 0.133. The van der Waals surface area contributed by atoms with Crippen molar-refractivity contribution in [3.63, 3.8) is 0 Å². The highest BCUT2D eigenvalue weighted by atomic mass is 19.1. The van der Waals surface area contributed by atoms with E-state index in [0.717, 1.165) is 49.9 Å². The second-order valence-corrected chi connectivity index (χ2v) is 9.16. The fraction of sp³-hybridized carbons (Fsp3) is 0.542. The highest BCUT2D eigenvalue weighted by Crippen LogP contribution is 2.29. The first-order chi connectivity index (χ1) is 15.3. The summed E-state index contributed by atoms with van der Waals surface area (Å²) < 4.78 is 15.9. The van der Waals surface area contributed by atoms with E-state index in [0.29, 0.717) is 24.7 Å². The summed E-state index contributed by atoms with van der Waals surface area (Å²) in [5.74, 6) is -0.251. The molecule has 1 aliphatic heterocycles. The Morgan fingerprint density at radius 2 is 1.97 bits per heavy atom. The standard InChI is InChI=1S/C24H32FN5O2/c1-16-14-29(10-11-30(16)24(32)18-6-4-5-7-18)15-19-12-20(25)13-22(17(19)2)26-23(31)21-8-9-28(3)27-21/h8-9,12-13,16,18H,4-7,10-11,14-15H2,1-3H3,(H,26,31). The van der Waals surface area contributed by atoms with E-state index < -0.39 is 0 Å². The number of nitrogens with zero attached hydrogens (tertiary/aromatic N) is 4. The van der Waals surface area contributed by atoms with Crippen molar-refractivity contribution in [1.29, 1.82) is 0 Å². The van der Waals surface area contributed by atoms with Crippen molar-refractivity contribution < 1.29 is 14.0 Å². The van der Waals surface area contributed by atoms with Gasteiger partial charge in [0.2, 0.25) is 5.91 Å². The van der Waals surface area contributed by atoms with Gasteiger partial charge in [0.15, 0.2) is 5.69 Å². The number of halogens is 1. The number of carbonyl (C=O) groups is 2. The Morgan fingerprint density at radius 1 is 1.22 bits per heavy atom. The Kier molecular flexibility index (Phi) is 6.60. The van der Waals surface area contributed by atoms with Crippen LogP contribution in [-0.2, 0) is 18.4 Å². The lowest BCUT2D eigenvalue weighted by Crippen LogP contribution is -2.54. The monoisotopic (exact) mass is 441 g/mol. The first-order valence-corrected chi connectivity index (χ1v) is 11.4. The van der Waals surface area contributed by atoms with Crippen molar-refractivity contribution >= 4 is 17.5 Å². The largest absolute Gasteiger partial charge is 0.337 e. The van der Waals surface area contributed by atoms with Gasteiger partial charge in [0, 0.05) is 57.1 Å². The zero-order valence-electron chi connectivity index (χ0n) is 19.1. The summed E-state index contributed by atoms with van der Waals surface area (Å²) >= 11 is 0. The van der Waals surface area contributed by atoms with Crippen molar-refractivity contribution in [2.75, 3.05) is 25.0 Å². The molecule has 1 aromatic carbocycles. The predicted octanol–water partition coefficient (Wildman–Crippen LogP) is 3.34. The molecule has 0 bridgehead atoms. The molecule has 1 aliphatic carbocycles. The first kappa shape index (κ1) is 22.5. The fourth-order valence-corrected chi connectivity index (χ4v) is 4.90. The summed E-state index contributed by atoms with van der Waals surface area (Å²) in [7, 11) is 1.74. The number of hydrogen-bond donors (Lipinski definition) is 1. The van der Waals surface area contributed by atoms with Crippen LogP contribution in [0.1, 0.15) is 54.2 Å². The zero-order chi connectivity index (χ0) is 22.8. The summed E-state index contributed by atoms with van der Waals surface area (Å²) in [6.45, 7) is 6.78. The fourth-order valence-electron chi connectivity index (χ4n) is 4.90. The number of carbonyl (C=O) groups excluding carboxylic acids is 2. The summed E-state index contributed by atoms with van der Waals surface area (Å²) in [6.07, 6.45) is 6.03. The van der Waals surface area contributed by atoms with Crippen LogP contribution in [-0.4, -0.2) is 57.1 Å². The second-order valence-electron chi connectivity index (χ2n) is 9.16. The highest BCUT2D eigenvalue weighted by molar-refractivity contribution is 6.03. The number of anilines is 1. The Balaban J connectivity index is 1.42. The molecule has 32 heavy (non-hydrogen) atoms. The van der Waals surface area contributed by atoms with Gasteiger partial charge in [0.1, 0.15) is 5.82 Å². The lowest BCUT2D eigenvalue weighted by atomic mass is 10.0. The Labute approximate surface area is 188 Å². The molecule has 1 aromatic heterocycles. The van der Waals surface area contributed by atoms with Gasteiger partial charge in [-0.1, -0.05) is 12.8 Å². The molecule has 2 fully saturated rings. The predicted molar refractivity (Wildman–Crippen MR) is 121 cm³/mol. The molecule has 1 unspecified atom stereocenters. The van der Waals surface area contributed by atoms with E-state index in [4.69, 9.17) is 0 Å². The molecule has 8 heteroatoms. The van der Waals surface area contributed by atoms with E-state index in [1.807, 2.05) is 11.8 Å². The number of amides is 2. The minimum atomic E-state index is -0.384. The highest BCUT2D eigenvalue weighted by Gasteiger charge is 2.33. The molecule has 1 N–H and O–H groups in total. The van der Waals surface area contributed by atoms with Gasteiger partial charge in [-0.15, -0.1) is 0 Å². The molecule has 1 atom stereocenters. The number of benzene rings is 1. The third-order valence-corrected chi connectivity index (χ3v) is 6.77. The van der Waals surface area contributed by atoms with Crippen LogP contribution in [0.5, 0.6) is 0 Å². The van der Waals surface area contributed by atoms with Crippen LogP contribution >= 0.6 is 0 Å². The Bertz CT molecular complexity index is 998. The maximum Gasteiger partial charge on any atom is 0.276 e. The molecule has 2 aromatic rings. The Morgan fingerprint density at radius 3 is 2.62 bits per heavy atom. The van der Waals surface area contributed by atoms with Crippen molar-refractivity contribution in [3.05, 3.63) is 47.0 Å². The van der Waals surface area contributed by atoms with Crippen molar-refractivity contribution in [2.24, 2.45) is 13.0 Å². The maximum absolute atomic E-state index is 14.4. The summed E-state index contributed by atoms with van der Waals surface area (Å²) in [5, 5.41) is 6.90. The van der Waals surface area contributed by atoms with Crippen LogP contribution in [0.3, 0.4) is 0 Å². The third kappa shape index (κ3) is 4.85. The van der Waals surface area contributed by atoms with E-state index >= 15 is 0 Å². The van der Waals surface area contributed by atoms with Crippen molar-refractivity contribution in [3.8, 4) is 0 Å². The van der Waals surface area contributed by atoms with Gasteiger partial charge in [-0.25, -0.2) is 4.39 Å². The number of hydrogen-bond acceptors (Lipinski definition) is 4. The molecular weight excluding hydrogens is 409 g/mol. The van der Waals surface area contributed by atoms with E-state index in [-0.39, 0.29) is 29.4 Å². The molecule has 4 rings (SSSR count). The summed E-state index contributed by atoms with van der Waals surface area (Å²) in [5.41, 5.74) is 2.42. The SMILES string of the molecule is Cc1c(CN2CCN(C(=O)C3CCCC3)C(C)C2)cc(F)cc1NC(=O)c1ccn(C)n1. The molecule has 2 heterocycles. The van der Waals surface area contributed by atoms with E-state index in [9.17, 15) is 14.0 Å². The van der Waals surface area contributed by atoms with Crippen LogP contribution in [0, 0.1) is 18.7 Å². The minimum Gasteiger partial charge on any atom is -0.337 e. The maximum atomic E-state index is 14.4. The van der Waals surface area contributed by atoms with Crippen molar-refractivity contribution in [1.82, 2.24) is 19.6 Å². The van der Waals surface area contributed by atoms with Gasteiger partial charge in [-0.05, 0) is 56.0 Å². The number of piperazine rings is 1. The number of aryl methyl sites for hydroxylation is 1. The normalized spacial score (nSPS) is 20.0. The molecule has 0 spiro atoms. The van der Waals surface area contributed by atoms with Gasteiger partial charge < -0.3 is 10.2 Å². The average molecular weight is 442 g/mol. The zero-order valence-corrected chi connectivity index (χ0v) is 19.1. The van der Waals surface area contributed by atoms with Gasteiger partial charge in [-0.2, -0.15) is 5.10 Å². The molecule has 7 nitrogen and oxygen atoms in total. The van der Waals surface area contributed by atoms with Crippen LogP contribution < -0.4 is 5.32 Å². The van der Waals surface area contributed by atoms with Gasteiger partial charge >= 0.3 is 0 Å². The first-order valence-electron chi connectivity index (χ1n) is 11.4. The van der Waals surface area contributed by atoms with E-state index in [1.165, 1.54) is 12.1 Å². The Hall–Kier alpha value is -2.74. The smallest absolute Gasteiger partial charge is 0.276 e. The van der Waals surface area contributed by atoms with Crippen LogP contribution in [0.15, 0.2) is 24.4 Å². The average Bonchev–Trinajstić information content (AvgIpc) is 3.43. The van der Waals surface area contributed by atoms with Gasteiger partial charge in [0.05, 0.1) is 0 Å². The van der Waals surface area contributed by atoms with Crippen LogP contribution in [0.25, 0.3) is 0 Å². The van der Waals surface area contributed by atoms with Crippen LogP contribution in [0.2, 0.25) is 0 Å². The van der Waals surface area contributed by atoms with Crippen LogP contribution in [0.4, 0.5) is 10.1 Å². The summed E-state index contributed by atoms with van der Waals surface area (Å²) in [4.78, 5) is 29.6. The third-order valence-electron chi connectivity index (χ3n) is 6.77. The number of nitrogens with one attached hydrogen (secondary N) is 1. The topological polar surface area (TPSA) is 70.5 Å². The van der Waals surface area contributed by atoms with E-state index in [2.05, 4.69) is 22.2 Å². The quantitative estimate of drug-likeness (QED) is 0.773. The van der Waals surface area contributed by atoms with Gasteiger partial charge in [-0.3, -0.25) is 19.2 Å². The molecule has 1 saturated carbocycles. The number of aromatic nitrogens is 2.